The summed E-state index contributed by atoms with van der Waals surface area (Å²) in [6.45, 7) is 5.25. The molecule has 1 heterocycles. The van der Waals surface area contributed by atoms with E-state index in [0.29, 0.717) is 19.4 Å². The van der Waals surface area contributed by atoms with Crippen LogP contribution in [-0.2, 0) is 0 Å². The molecule has 20 heavy (non-hydrogen) atoms. The number of hydrogen-bond donors (Lipinski definition) is 2. The van der Waals surface area contributed by atoms with Crippen LogP contribution < -0.4 is 10.6 Å². The number of carbonyl (C=O) groups is 1. The molecule has 0 aromatic carbocycles. The summed E-state index contributed by atoms with van der Waals surface area (Å²) in [5.74, 6) is 0. The lowest BCUT2D eigenvalue weighted by molar-refractivity contribution is -0.143. The molecule has 0 bridgehead atoms. The zero-order chi connectivity index (χ0) is 15.2. The third-order valence-corrected chi connectivity index (χ3v) is 3.29. The van der Waals surface area contributed by atoms with Gasteiger partial charge in [0.2, 0.25) is 0 Å². The van der Waals surface area contributed by atoms with Crippen molar-refractivity contribution in [3.8, 4) is 0 Å². The number of amides is 2. The van der Waals surface area contributed by atoms with Crippen molar-refractivity contribution in [3.63, 3.8) is 0 Å². The minimum absolute atomic E-state index is 0.0141. The lowest BCUT2D eigenvalue weighted by Gasteiger charge is -2.20. The van der Waals surface area contributed by atoms with Crippen molar-refractivity contribution in [2.75, 3.05) is 19.6 Å². The Kier molecular flexibility index (Phi) is 6.32. The van der Waals surface area contributed by atoms with Crippen LogP contribution in [-0.4, -0.2) is 48.8 Å². The van der Waals surface area contributed by atoms with E-state index in [-0.39, 0.29) is 24.7 Å². The third-order valence-electron chi connectivity index (χ3n) is 3.29. The highest BCUT2D eigenvalue weighted by atomic mass is 19.4. The van der Waals surface area contributed by atoms with Crippen LogP contribution in [0, 0.1) is 0 Å². The van der Waals surface area contributed by atoms with Gasteiger partial charge in [-0.3, -0.25) is 4.90 Å². The first-order valence-corrected chi connectivity index (χ1v) is 6.81. The van der Waals surface area contributed by atoms with Gasteiger partial charge in [0.15, 0.2) is 0 Å². The minimum Gasteiger partial charge on any atom is -0.335 e. The molecule has 0 aliphatic carbocycles. The average Bonchev–Trinajstić information content (AvgIpc) is 2.73. The zero-order valence-electron chi connectivity index (χ0n) is 11.7. The number of carbonyl (C=O) groups excluding carboxylic acids is 1. The van der Waals surface area contributed by atoms with Crippen LogP contribution in [0.1, 0.15) is 26.2 Å². The molecule has 0 aromatic rings. The van der Waals surface area contributed by atoms with Gasteiger partial charge in [0.25, 0.3) is 0 Å². The average molecular weight is 293 g/mol. The highest BCUT2D eigenvalue weighted by Gasteiger charge is 2.34. The maximum Gasteiger partial charge on any atom is 0.401 e. The zero-order valence-corrected chi connectivity index (χ0v) is 11.7. The second-order valence-electron chi connectivity index (χ2n) is 5.08. The van der Waals surface area contributed by atoms with Crippen LogP contribution in [0.15, 0.2) is 12.7 Å². The summed E-state index contributed by atoms with van der Waals surface area (Å²) in [4.78, 5) is 13.0. The minimum atomic E-state index is -4.19. The molecule has 0 spiro atoms. The Bertz CT molecular complexity index is 333. The van der Waals surface area contributed by atoms with Gasteiger partial charge in [-0.05, 0) is 19.3 Å². The molecule has 1 fully saturated rings. The Balaban J connectivity index is 2.32. The first-order valence-electron chi connectivity index (χ1n) is 6.81. The molecule has 1 aliphatic heterocycles. The number of hydrogen-bond acceptors (Lipinski definition) is 2. The molecule has 2 amide bonds. The molecular weight excluding hydrogens is 271 g/mol. The highest BCUT2D eigenvalue weighted by Crippen LogP contribution is 2.19. The fourth-order valence-electron chi connectivity index (χ4n) is 2.29. The molecule has 1 aliphatic rings. The molecule has 0 radical (unpaired) electrons. The quantitative estimate of drug-likeness (QED) is 0.738. The number of likely N-dealkylation sites (tertiary alicyclic amines) is 1. The van der Waals surface area contributed by atoms with E-state index < -0.39 is 12.7 Å². The van der Waals surface area contributed by atoms with Gasteiger partial charge < -0.3 is 10.6 Å². The van der Waals surface area contributed by atoms with Gasteiger partial charge in [0.1, 0.15) is 0 Å². The summed E-state index contributed by atoms with van der Waals surface area (Å²) in [7, 11) is 0. The highest BCUT2D eigenvalue weighted by molar-refractivity contribution is 5.74. The summed E-state index contributed by atoms with van der Waals surface area (Å²) in [5.41, 5.74) is 0. The van der Waals surface area contributed by atoms with Crippen LogP contribution in [0.3, 0.4) is 0 Å². The Morgan fingerprint density at radius 3 is 2.80 bits per heavy atom. The van der Waals surface area contributed by atoms with Crippen molar-refractivity contribution in [3.05, 3.63) is 12.7 Å². The van der Waals surface area contributed by atoms with Crippen molar-refractivity contribution in [1.29, 1.82) is 0 Å². The van der Waals surface area contributed by atoms with E-state index in [1.807, 2.05) is 6.92 Å². The second kappa shape index (κ2) is 7.52. The normalized spacial score (nSPS) is 21.5. The number of nitrogens with zero attached hydrogens (tertiary/aromatic N) is 1. The lowest BCUT2D eigenvalue weighted by atomic mass is 10.1. The van der Waals surface area contributed by atoms with Crippen molar-refractivity contribution in [1.82, 2.24) is 15.5 Å². The van der Waals surface area contributed by atoms with Crippen LogP contribution in [0.2, 0.25) is 0 Å². The first kappa shape index (κ1) is 16.8. The Morgan fingerprint density at radius 2 is 2.25 bits per heavy atom. The monoisotopic (exact) mass is 293 g/mol. The second-order valence-corrected chi connectivity index (χ2v) is 5.08. The van der Waals surface area contributed by atoms with Crippen LogP contribution in [0.25, 0.3) is 0 Å². The number of halogens is 3. The van der Waals surface area contributed by atoms with E-state index in [4.69, 9.17) is 0 Å². The van der Waals surface area contributed by atoms with E-state index in [9.17, 15) is 18.0 Å². The predicted molar refractivity (Wildman–Crippen MR) is 71.5 cm³/mol. The first-order chi connectivity index (χ1) is 9.34. The number of urea groups is 1. The summed E-state index contributed by atoms with van der Waals surface area (Å²) < 4.78 is 36.7. The third kappa shape index (κ3) is 6.27. The van der Waals surface area contributed by atoms with Gasteiger partial charge >= 0.3 is 12.2 Å². The maximum absolute atomic E-state index is 12.2. The largest absolute Gasteiger partial charge is 0.401 e. The van der Waals surface area contributed by atoms with E-state index in [1.54, 1.807) is 6.08 Å². The van der Waals surface area contributed by atoms with Gasteiger partial charge in [-0.1, -0.05) is 13.0 Å². The van der Waals surface area contributed by atoms with Gasteiger partial charge in [-0.25, -0.2) is 4.79 Å². The molecule has 0 unspecified atom stereocenters. The molecular formula is C13H22F3N3O. The van der Waals surface area contributed by atoms with E-state index in [1.165, 1.54) is 4.90 Å². The van der Waals surface area contributed by atoms with Gasteiger partial charge in [-0.15, -0.1) is 6.58 Å². The summed E-state index contributed by atoms with van der Waals surface area (Å²) in [6, 6.07) is -0.531. The van der Waals surface area contributed by atoms with Crippen molar-refractivity contribution >= 4 is 6.03 Å². The fraction of sp³-hybridized carbons (Fsp3) is 0.769. The predicted octanol–water partition coefficient (Wildman–Crippen LogP) is 2.28. The van der Waals surface area contributed by atoms with E-state index >= 15 is 0 Å². The van der Waals surface area contributed by atoms with Crippen molar-refractivity contribution < 1.29 is 18.0 Å². The Hall–Kier alpha value is -1.24. The molecule has 1 rings (SSSR count). The van der Waals surface area contributed by atoms with Crippen LogP contribution in [0.5, 0.6) is 0 Å². The molecule has 2 N–H and O–H groups in total. The van der Waals surface area contributed by atoms with Crippen LogP contribution in [0.4, 0.5) is 18.0 Å². The van der Waals surface area contributed by atoms with E-state index in [2.05, 4.69) is 17.2 Å². The number of alkyl halides is 3. The number of nitrogens with one attached hydrogen (secondary N) is 2. The number of rotatable bonds is 6. The van der Waals surface area contributed by atoms with Gasteiger partial charge in [0, 0.05) is 25.2 Å². The molecule has 7 heteroatoms. The SMILES string of the molecule is C=CC[C@@H](CC)NC(=O)N[C@H]1CCN(CC(F)(F)F)C1. The standard InChI is InChI=1S/C13H22F3N3O/c1-3-5-10(4-2)17-12(20)18-11-6-7-19(8-11)9-13(14,15)16/h3,10-11H,1,4-9H2,2H3,(H2,17,18,20)/t10-,11+/m1/s1. The summed E-state index contributed by atoms with van der Waals surface area (Å²) >= 11 is 0. The van der Waals surface area contributed by atoms with Crippen molar-refractivity contribution in [2.45, 2.75) is 44.4 Å². The van der Waals surface area contributed by atoms with Gasteiger partial charge in [-0.2, -0.15) is 13.2 Å². The topological polar surface area (TPSA) is 44.4 Å². The Labute approximate surface area is 117 Å². The smallest absolute Gasteiger partial charge is 0.335 e. The summed E-state index contributed by atoms with van der Waals surface area (Å²) in [5, 5.41) is 5.52. The molecule has 0 aromatic heterocycles. The fourth-order valence-corrected chi connectivity index (χ4v) is 2.29. The molecule has 116 valence electrons. The molecule has 1 saturated heterocycles. The summed E-state index contributed by atoms with van der Waals surface area (Å²) in [6.07, 6.45) is -0.454. The van der Waals surface area contributed by atoms with Crippen LogP contribution >= 0.6 is 0 Å². The van der Waals surface area contributed by atoms with Gasteiger partial charge in [0.05, 0.1) is 6.54 Å². The molecule has 2 atom stereocenters. The Morgan fingerprint density at radius 1 is 1.55 bits per heavy atom. The molecule has 0 saturated carbocycles. The van der Waals surface area contributed by atoms with E-state index in [0.717, 1.165) is 6.42 Å². The molecule has 4 nitrogen and oxygen atoms in total. The van der Waals surface area contributed by atoms with Crippen molar-refractivity contribution in [2.24, 2.45) is 0 Å². The maximum atomic E-state index is 12.2. The lowest BCUT2D eigenvalue weighted by Crippen LogP contribution is -2.47.